The number of nitrogens with zero attached hydrogens (tertiary/aromatic N) is 1. The van der Waals surface area contributed by atoms with Crippen LogP contribution in [0.4, 0.5) is 5.69 Å². The minimum absolute atomic E-state index is 0.0304. The number of carbonyl (C=O) groups is 1. The molecule has 1 aromatic heterocycles. The maximum Gasteiger partial charge on any atom is 0.232 e. The number of benzene rings is 2. The molecule has 0 bridgehead atoms. The van der Waals surface area contributed by atoms with Gasteiger partial charge in [0.15, 0.2) is 0 Å². The molecule has 0 aliphatic carbocycles. The number of aromatic nitrogens is 1. The molecule has 132 valence electrons. The number of carbonyl (C=O) groups excluding carboxylic acids is 1. The van der Waals surface area contributed by atoms with E-state index in [0.29, 0.717) is 13.0 Å². The van der Waals surface area contributed by atoms with Crippen molar-refractivity contribution in [3.05, 3.63) is 90.3 Å². The molecule has 0 radical (unpaired) electrons. The zero-order valence-electron chi connectivity index (χ0n) is 14.8. The first-order chi connectivity index (χ1) is 12.8. The molecule has 4 nitrogen and oxygen atoms in total. The molecule has 1 unspecified atom stereocenters. The standard InChI is InChI=1S/C22H22N2O2/c1-2-26-20-10-8-19(9-11-20)24-22(25)21(18-6-4-3-5-7-18)16-17-12-14-23-15-13-17/h3-15,21H,2,16H2,1H3,(H,24,25). The molecule has 4 heteroatoms. The molecule has 3 aromatic rings. The predicted octanol–water partition coefficient (Wildman–Crippen LogP) is 4.45. The molecule has 0 aliphatic rings. The lowest BCUT2D eigenvalue weighted by atomic mass is 9.91. The number of pyridine rings is 1. The van der Waals surface area contributed by atoms with Crippen molar-refractivity contribution in [1.29, 1.82) is 0 Å². The maximum atomic E-state index is 13.0. The first-order valence-corrected chi connectivity index (χ1v) is 8.74. The third kappa shape index (κ3) is 4.70. The summed E-state index contributed by atoms with van der Waals surface area (Å²) >= 11 is 0. The lowest BCUT2D eigenvalue weighted by Gasteiger charge is -2.18. The minimum atomic E-state index is -0.273. The number of nitrogens with one attached hydrogen (secondary N) is 1. The average molecular weight is 346 g/mol. The Morgan fingerprint density at radius 3 is 2.35 bits per heavy atom. The molecule has 0 saturated heterocycles. The summed E-state index contributed by atoms with van der Waals surface area (Å²) in [4.78, 5) is 17.0. The van der Waals surface area contributed by atoms with E-state index in [4.69, 9.17) is 4.74 Å². The van der Waals surface area contributed by atoms with Crippen LogP contribution in [0.15, 0.2) is 79.1 Å². The quantitative estimate of drug-likeness (QED) is 0.688. The molecule has 26 heavy (non-hydrogen) atoms. The molecule has 2 aromatic carbocycles. The minimum Gasteiger partial charge on any atom is -0.494 e. The van der Waals surface area contributed by atoms with Gasteiger partial charge in [-0.1, -0.05) is 30.3 Å². The van der Waals surface area contributed by atoms with Gasteiger partial charge < -0.3 is 10.1 Å². The molecule has 1 amide bonds. The first-order valence-electron chi connectivity index (χ1n) is 8.74. The Morgan fingerprint density at radius 2 is 1.69 bits per heavy atom. The zero-order valence-corrected chi connectivity index (χ0v) is 14.8. The molecule has 1 heterocycles. The van der Waals surface area contributed by atoms with Gasteiger partial charge in [-0.25, -0.2) is 0 Å². The van der Waals surface area contributed by atoms with Crippen molar-refractivity contribution in [3.8, 4) is 5.75 Å². The van der Waals surface area contributed by atoms with Gasteiger partial charge in [0.05, 0.1) is 12.5 Å². The van der Waals surface area contributed by atoms with E-state index in [2.05, 4.69) is 10.3 Å². The van der Waals surface area contributed by atoms with Crippen LogP contribution in [0.2, 0.25) is 0 Å². The van der Waals surface area contributed by atoms with E-state index in [1.807, 2.05) is 73.7 Å². The number of hydrogen-bond donors (Lipinski definition) is 1. The SMILES string of the molecule is CCOc1ccc(NC(=O)C(Cc2ccncc2)c2ccccc2)cc1. The number of ether oxygens (including phenoxy) is 1. The largest absolute Gasteiger partial charge is 0.494 e. The van der Waals surface area contributed by atoms with E-state index in [0.717, 1.165) is 22.6 Å². The highest BCUT2D eigenvalue weighted by molar-refractivity contribution is 5.96. The van der Waals surface area contributed by atoms with E-state index < -0.39 is 0 Å². The van der Waals surface area contributed by atoms with Gasteiger partial charge >= 0.3 is 0 Å². The van der Waals surface area contributed by atoms with Gasteiger partial charge in [0, 0.05) is 18.1 Å². The molecule has 0 aliphatic heterocycles. The molecular formula is C22H22N2O2. The summed E-state index contributed by atoms with van der Waals surface area (Å²) in [6.07, 6.45) is 4.12. The summed E-state index contributed by atoms with van der Waals surface area (Å²) in [5.74, 6) is 0.490. The topological polar surface area (TPSA) is 51.2 Å². The molecular weight excluding hydrogens is 324 g/mol. The molecule has 1 atom stereocenters. The van der Waals surface area contributed by atoms with Crippen LogP contribution < -0.4 is 10.1 Å². The van der Waals surface area contributed by atoms with Crippen molar-refractivity contribution in [3.63, 3.8) is 0 Å². The first kappa shape index (κ1) is 17.7. The number of hydrogen-bond acceptors (Lipinski definition) is 3. The summed E-state index contributed by atoms with van der Waals surface area (Å²) in [7, 11) is 0. The summed E-state index contributed by atoms with van der Waals surface area (Å²) in [5.41, 5.74) is 2.83. The summed E-state index contributed by atoms with van der Waals surface area (Å²) < 4.78 is 5.44. The van der Waals surface area contributed by atoms with Gasteiger partial charge in [0.25, 0.3) is 0 Å². The lowest BCUT2D eigenvalue weighted by molar-refractivity contribution is -0.117. The second kappa shape index (κ2) is 8.81. The second-order valence-electron chi connectivity index (χ2n) is 5.97. The third-order valence-corrected chi connectivity index (χ3v) is 4.14. The summed E-state index contributed by atoms with van der Waals surface area (Å²) in [6.45, 7) is 2.56. The fourth-order valence-electron chi connectivity index (χ4n) is 2.83. The normalized spacial score (nSPS) is 11.6. The van der Waals surface area contributed by atoms with E-state index in [1.165, 1.54) is 0 Å². The Morgan fingerprint density at radius 1 is 1.00 bits per heavy atom. The van der Waals surface area contributed by atoms with E-state index in [1.54, 1.807) is 12.4 Å². The van der Waals surface area contributed by atoms with Crippen LogP contribution in [0.25, 0.3) is 0 Å². The van der Waals surface area contributed by atoms with E-state index >= 15 is 0 Å². The van der Waals surface area contributed by atoms with Crippen LogP contribution in [0.1, 0.15) is 24.0 Å². The summed E-state index contributed by atoms with van der Waals surface area (Å²) in [6, 6.07) is 21.2. The van der Waals surface area contributed by atoms with Crippen molar-refractivity contribution < 1.29 is 9.53 Å². The molecule has 0 spiro atoms. The second-order valence-corrected chi connectivity index (χ2v) is 5.97. The molecule has 0 fully saturated rings. The monoisotopic (exact) mass is 346 g/mol. The fraction of sp³-hybridized carbons (Fsp3) is 0.182. The highest BCUT2D eigenvalue weighted by Crippen LogP contribution is 2.24. The van der Waals surface area contributed by atoms with Gasteiger partial charge in [-0.3, -0.25) is 9.78 Å². The fourth-order valence-corrected chi connectivity index (χ4v) is 2.83. The van der Waals surface area contributed by atoms with Crippen LogP contribution >= 0.6 is 0 Å². The van der Waals surface area contributed by atoms with E-state index in [-0.39, 0.29) is 11.8 Å². The van der Waals surface area contributed by atoms with Crippen molar-refractivity contribution in [2.45, 2.75) is 19.3 Å². The van der Waals surface area contributed by atoms with Gasteiger partial charge in [0.1, 0.15) is 5.75 Å². The molecule has 3 rings (SSSR count). The maximum absolute atomic E-state index is 13.0. The van der Waals surface area contributed by atoms with Crippen LogP contribution in [-0.2, 0) is 11.2 Å². The molecule has 0 saturated carbocycles. The highest BCUT2D eigenvalue weighted by atomic mass is 16.5. The number of rotatable bonds is 7. The Balaban J connectivity index is 1.78. The lowest BCUT2D eigenvalue weighted by Crippen LogP contribution is -2.23. The number of anilines is 1. The van der Waals surface area contributed by atoms with Crippen molar-refractivity contribution in [1.82, 2.24) is 4.98 Å². The molecule has 1 N–H and O–H groups in total. The van der Waals surface area contributed by atoms with Gasteiger partial charge in [-0.2, -0.15) is 0 Å². The van der Waals surface area contributed by atoms with Crippen LogP contribution in [0.5, 0.6) is 5.75 Å². The summed E-state index contributed by atoms with van der Waals surface area (Å²) in [5, 5.41) is 3.02. The van der Waals surface area contributed by atoms with Crippen LogP contribution in [0.3, 0.4) is 0 Å². The Kier molecular flexibility index (Phi) is 5.99. The third-order valence-electron chi connectivity index (χ3n) is 4.14. The predicted molar refractivity (Wildman–Crippen MR) is 103 cm³/mol. The van der Waals surface area contributed by atoms with Gasteiger partial charge in [-0.05, 0) is 60.9 Å². The van der Waals surface area contributed by atoms with Gasteiger partial charge in [0.2, 0.25) is 5.91 Å². The zero-order chi connectivity index (χ0) is 18.2. The van der Waals surface area contributed by atoms with Crippen LogP contribution in [-0.4, -0.2) is 17.5 Å². The van der Waals surface area contributed by atoms with Gasteiger partial charge in [-0.15, -0.1) is 0 Å². The Labute approximate surface area is 153 Å². The average Bonchev–Trinajstić information content (AvgIpc) is 2.69. The Bertz CT molecular complexity index is 818. The number of amides is 1. The van der Waals surface area contributed by atoms with Crippen LogP contribution in [0, 0.1) is 0 Å². The van der Waals surface area contributed by atoms with Crippen molar-refractivity contribution in [2.75, 3.05) is 11.9 Å². The van der Waals surface area contributed by atoms with Crippen molar-refractivity contribution >= 4 is 11.6 Å². The Hall–Kier alpha value is -3.14. The van der Waals surface area contributed by atoms with E-state index in [9.17, 15) is 4.79 Å². The van der Waals surface area contributed by atoms with Crippen molar-refractivity contribution in [2.24, 2.45) is 0 Å². The smallest absolute Gasteiger partial charge is 0.232 e. The highest BCUT2D eigenvalue weighted by Gasteiger charge is 2.21.